The van der Waals surface area contributed by atoms with Crippen LogP contribution in [0.1, 0.15) is 42.9 Å². The van der Waals surface area contributed by atoms with E-state index in [1.54, 1.807) is 24.4 Å². The fourth-order valence-electron chi connectivity index (χ4n) is 5.61. The van der Waals surface area contributed by atoms with Crippen molar-refractivity contribution >= 4 is 17.6 Å². The third-order valence-electron chi connectivity index (χ3n) is 7.50. The first-order valence-electron chi connectivity index (χ1n) is 12.0. The van der Waals surface area contributed by atoms with E-state index in [4.69, 9.17) is 9.84 Å². The Labute approximate surface area is 208 Å². The van der Waals surface area contributed by atoms with Gasteiger partial charge in [0.05, 0.1) is 29.9 Å². The molecule has 2 N–H and O–H groups in total. The molecule has 0 saturated heterocycles. The molecule has 0 radical (unpaired) electrons. The number of anilines is 1. The molecule has 3 atom stereocenters. The highest BCUT2D eigenvalue weighted by atomic mass is 16.5. The van der Waals surface area contributed by atoms with Crippen molar-refractivity contribution in [3.63, 3.8) is 0 Å². The molecule has 36 heavy (non-hydrogen) atoms. The zero-order valence-corrected chi connectivity index (χ0v) is 19.9. The summed E-state index contributed by atoms with van der Waals surface area (Å²) in [6.07, 6.45) is 3.35. The Hall–Kier alpha value is -4.25. The number of hydrogen-bond donors (Lipinski definition) is 2. The van der Waals surface area contributed by atoms with Crippen LogP contribution in [0.5, 0.6) is 5.75 Å². The molecule has 1 aromatic heterocycles. The molecule has 1 aliphatic heterocycles. The first kappa shape index (κ1) is 23.5. The Morgan fingerprint density at radius 3 is 2.86 bits per heavy atom. The van der Waals surface area contributed by atoms with Crippen molar-refractivity contribution in [3.05, 3.63) is 71.4 Å². The Balaban J connectivity index is 1.42. The van der Waals surface area contributed by atoms with Crippen molar-refractivity contribution in [1.82, 2.24) is 10.2 Å². The van der Waals surface area contributed by atoms with Gasteiger partial charge in [-0.3, -0.25) is 9.59 Å². The van der Waals surface area contributed by atoms with E-state index in [2.05, 4.69) is 34.6 Å². The lowest BCUT2D eigenvalue weighted by Crippen LogP contribution is -2.27. The van der Waals surface area contributed by atoms with Crippen LogP contribution in [0.15, 0.2) is 54.7 Å². The summed E-state index contributed by atoms with van der Waals surface area (Å²) in [5.74, 6) is -0.324. The number of amides is 1. The zero-order chi connectivity index (χ0) is 25.3. The molecule has 8 nitrogen and oxygen atoms in total. The topological polar surface area (TPSA) is 125 Å². The van der Waals surface area contributed by atoms with E-state index in [9.17, 15) is 14.9 Å². The molecule has 182 valence electrons. The first-order chi connectivity index (χ1) is 17.4. The van der Waals surface area contributed by atoms with E-state index < -0.39 is 5.97 Å². The molecule has 1 amide bonds. The predicted octanol–water partition coefficient (Wildman–Crippen LogP) is 4.35. The molecule has 2 heterocycles. The minimum Gasteiger partial charge on any atom is -0.493 e. The highest BCUT2D eigenvalue weighted by molar-refractivity contribution is 5.97. The van der Waals surface area contributed by atoms with Crippen LogP contribution in [-0.4, -0.2) is 33.8 Å². The van der Waals surface area contributed by atoms with E-state index in [1.807, 2.05) is 24.3 Å². The van der Waals surface area contributed by atoms with Crippen molar-refractivity contribution in [3.8, 4) is 23.1 Å². The summed E-state index contributed by atoms with van der Waals surface area (Å²) in [4.78, 5) is 24.5. The normalized spacial score (nSPS) is 21.7. The van der Waals surface area contributed by atoms with Gasteiger partial charge in [-0.05, 0) is 73.2 Å². The van der Waals surface area contributed by atoms with Crippen LogP contribution in [0.4, 0.5) is 5.69 Å². The maximum Gasteiger partial charge on any atom is 0.303 e. The second-order valence-electron chi connectivity index (χ2n) is 9.45. The van der Waals surface area contributed by atoms with Gasteiger partial charge in [-0.2, -0.15) is 15.5 Å². The van der Waals surface area contributed by atoms with Crippen LogP contribution in [0.25, 0.3) is 11.3 Å². The maximum atomic E-state index is 13.6. The van der Waals surface area contributed by atoms with Gasteiger partial charge in [0.2, 0.25) is 5.91 Å². The molecule has 1 saturated carbocycles. The Kier molecular flexibility index (Phi) is 6.15. The number of aliphatic carboxylic acids is 1. The minimum atomic E-state index is -0.859. The number of carbonyl (C=O) groups is 2. The number of nitriles is 1. The third-order valence-corrected chi connectivity index (χ3v) is 7.50. The van der Waals surface area contributed by atoms with Gasteiger partial charge >= 0.3 is 5.97 Å². The zero-order valence-electron chi connectivity index (χ0n) is 19.9. The fourth-order valence-corrected chi connectivity index (χ4v) is 5.61. The van der Waals surface area contributed by atoms with Crippen LogP contribution in [-0.2, 0) is 21.4 Å². The number of aromatic nitrogens is 2. The molecule has 0 bridgehead atoms. The number of carboxylic acid groups (broad SMARTS) is 1. The van der Waals surface area contributed by atoms with E-state index in [0.717, 1.165) is 34.6 Å². The molecule has 8 heteroatoms. The number of nitrogens with zero attached hydrogens (tertiary/aromatic N) is 3. The van der Waals surface area contributed by atoms with E-state index in [1.165, 1.54) is 0 Å². The van der Waals surface area contributed by atoms with Crippen LogP contribution >= 0.6 is 0 Å². The van der Waals surface area contributed by atoms with Gasteiger partial charge in [-0.25, -0.2) is 0 Å². The van der Waals surface area contributed by atoms with E-state index in [-0.39, 0.29) is 29.6 Å². The summed E-state index contributed by atoms with van der Waals surface area (Å²) in [6.45, 7) is 2.63. The number of carboxylic acids is 1. The first-order valence-corrected chi connectivity index (χ1v) is 12.0. The number of aryl methyl sites for hydroxylation is 1. The summed E-state index contributed by atoms with van der Waals surface area (Å²) in [7, 11) is 0. The lowest BCUT2D eigenvalue weighted by Gasteiger charge is -2.28. The summed E-state index contributed by atoms with van der Waals surface area (Å²) >= 11 is 0. The van der Waals surface area contributed by atoms with Crippen LogP contribution < -0.4 is 10.1 Å². The number of carbonyl (C=O) groups excluding carboxylic acids is 1. The molecule has 2 aliphatic rings. The summed E-state index contributed by atoms with van der Waals surface area (Å²) in [5.41, 5.74) is 4.18. The minimum absolute atomic E-state index is 0.0427. The lowest BCUT2D eigenvalue weighted by atomic mass is 9.84. The second-order valence-corrected chi connectivity index (χ2v) is 9.45. The number of nitrogens with one attached hydrogen (secondary N) is 1. The smallest absolute Gasteiger partial charge is 0.303 e. The van der Waals surface area contributed by atoms with Crippen molar-refractivity contribution < 1.29 is 19.4 Å². The Morgan fingerprint density at radius 2 is 2.11 bits per heavy atom. The standard InChI is InChI=1S/C28H26N4O4/c1-17-26(27(35)31-23-14-18(16-29)7-8-19(23)4-2-6-25(33)34)28(17)11-13-36-24-10-9-20(15-21(24)28)22-5-3-12-30-32-22/h3,5,7-10,12,14-15,17,26H,2,4,6,11,13H2,1H3,(H,31,35)(H,33,34)/t17?,26?,28-/m0/s1. The predicted molar refractivity (Wildman–Crippen MR) is 132 cm³/mol. The Bertz CT molecular complexity index is 1370. The molecule has 1 spiro atoms. The lowest BCUT2D eigenvalue weighted by molar-refractivity contribution is -0.137. The highest BCUT2D eigenvalue weighted by Gasteiger charge is 2.67. The van der Waals surface area contributed by atoms with E-state index in [0.29, 0.717) is 30.7 Å². The number of hydrogen-bond acceptors (Lipinski definition) is 6. The summed E-state index contributed by atoms with van der Waals surface area (Å²) in [5, 5.41) is 29.6. The van der Waals surface area contributed by atoms with Crippen molar-refractivity contribution in [1.29, 1.82) is 5.26 Å². The molecule has 5 rings (SSSR count). The van der Waals surface area contributed by atoms with Crippen molar-refractivity contribution in [2.24, 2.45) is 11.8 Å². The van der Waals surface area contributed by atoms with Gasteiger partial charge in [-0.1, -0.05) is 13.0 Å². The Morgan fingerprint density at radius 1 is 1.25 bits per heavy atom. The summed E-state index contributed by atoms with van der Waals surface area (Å²) < 4.78 is 5.95. The number of rotatable bonds is 7. The largest absolute Gasteiger partial charge is 0.493 e. The number of fused-ring (bicyclic) bond motifs is 2. The number of benzene rings is 2. The van der Waals surface area contributed by atoms with Crippen molar-refractivity contribution in [2.45, 2.75) is 38.0 Å². The number of ether oxygens (including phenoxy) is 1. The van der Waals surface area contributed by atoms with Gasteiger partial charge in [0.1, 0.15) is 5.75 Å². The summed E-state index contributed by atoms with van der Waals surface area (Å²) in [6, 6.07) is 17.0. The van der Waals surface area contributed by atoms with Gasteiger partial charge in [0.15, 0.2) is 0 Å². The van der Waals surface area contributed by atoms with Gasteiger partial charge < -0.3 is 15.2 Å². The third kappa shape index (κ3) is 4.17. The monoisotopic (exact) mass is 482 g/mol. The SMILES string of the molecule is CC1C(C(=O)Nc2cc(C#N)ccc2CCCC(=O)O)[C@@]12CCOc1ccc(-c3cccnn3)cc12. The molecule has 1 fully saturated rings. The highest BCUT2D eigenvalue weighted by Crippen LogP contribution is 2.65. The molecule has 3 aromatic rings. The van der Waals surface area contributed by atoms with Gasteiger partial charge in [-0.15, -0.1) is 0 Å². The molecular weight excluding hydrogens is 456 g/mol. The maximum absolute atomic E-state index is 13.6. The molecule has 2 unspecified atom stereocenters. The van der Waals surface area contributed by atoms with Crippen molar-refractivity contribution in [2.75, 3.05) is 11.9 Å². The second kappa shape index (κ2) is 9.42. The van der Waals surface area contributed by atoms with Crippen LogP contribution in [0.2, 0.25) is 0 Å². The average molecular weight is 483 g/mol. The van der Waals surface area contributed by atoms with Crippen LogP contribution in [0, 0.1) is 23.2 Å². The molecule has 2 aromatic carbocycles. The van der Waals surface area contributed by atoms with Gasteiger partial charge in [0.25, 0.3) is 0 Å². The fraction of sp³-hybridized carbons (Fsp3) is 0.321. The average Bonchev–Trinajstić information content (AvgIpc) is 3.48. The molecular formula is C28H26N4O4. The van der Waals surface area contributed by atoms with E-state index >= 15 is 0 Å². The quantitative estimate of drug-likeness (QED) is 0.513. The van der Waals surface area contributed by atoms with Crippen LogP contribution in [0.3, 0.4) is 0 Å². The van der Waals surface area contributed by atoms with Gasteiger partial charge in [0, 0.05) is 34.8 Å². The molecule has 1 aliphatic carbocycles.